The van der Waals surface area contributed by atoms with Crippen LogP contribution < -0.4 is 25.9 Å². The number of hydrogen-bond donors (Lipinski definition) is 0. The Kier molecular flexibility index (Phi) is 5.08. The summed E-state index contributed by atoms with van der Waals surface area (Å²) in [5.41, 5.74) is 1.46. The van der Waals surface area contributed by atoms with Crippen molar-refractivity contribution in [1.82, 2.24) is 0 Å². The van der Waals surface area contributed by atoms with E-state index < -0.39 is 0 Å². The largest absolute Gasteiger partial charge is 0.497 e. The normalized spacial score (nSPS) is 10.3. The van der Waals surface area contributed by atoms with Gasteiger partial charge in [-0.3, -0.25) is 4.79 Å². The maximum atomic E-state index is 12.4. The average Bonchev–Trinajstić information content (AvgIpc) is 2.63. The highest BCUT2D eigenvalue weighted by molar-refractivity contribution is 6.08. The molecule has 0 aliphatic rings. The van der Waals surface area contributed by atoms with E-state index in [0.717, 1.165) is 16.9 Å². The number of carbonyl (C=O) groups is 1. The number of benzene rings is 3. The fourth-order valence-corrected chi connectivity index (χ4v) is 4.34. The van der Waals surface area contributed by atoms with Crippen molar-refractivity contribution in [3.8, 4) is 5.75 Å². The highest BCUT2D eigenvalue weighted by Gasteiger charge is 2.16. The summed E-state index contributed by atoms with van der Waals surface area (Å²) in [6.45, 7) is 0. The van der Waals surface area contributed by atoms with Gasteiger partial charge in [-0.2, -0.15) is 0 Å². The Labute approximate surface area is 146 Å². The van der Waals surface area contributed by atoms with Crippen molar-refractivity contribution < 1.29 is 30.7 Å². The molecule has 0 spiro atoms. The van der Waals surface area contributed by atoms with Crippen LogP contribution in [-0.2, 0) is 0 Å². The monoisotopic (exact) mass is 415 g/mol. The molecule has 0 heterocycles. The molecule has 114 valence electrons. The van der Waals surface area contributed by atoms with E-state index in [0.29, 0.717) is 0 Å². The first-order valence-corrected chi connectivity index (χ1v) is 9.41. The lowest BCUT2D eigenvalue weighted by Gasteiger charge is -2.00. The summed E-state index contributed by atoms with van der Waals surface area (Å²) in [6, 6.07) is 25.5. The Morgan fingerprint density at radius 3 is 1.83 bits per heavy atom. The molecule has 0 saturated heterocycles. The standard InChI is InChI=1S/C20H16IO2/c1-23-19-13-11-18(12-14-19)21-17-9-7-16(8-10-17)20(22)15-5-3-2-4-6-15/h2-14H,1H3/q+1. The van der Waals surface area contributed by atoms with Gasteiger partial charge >= 0.3 is 21.2 Å². The molecule has 0 radical (unpaired) electrons. The molecule has 0 bridgehead atoms. The molecule has 3 aromatic rings. The first-order valence-electron chi connectivity index (χ1n) is 7.25. The summed E-state index contributed by atoms with van der Waals surface area (Å²) in [6.07, 6.45) is 0. The highest BCUT2D eigenvalue weighted by Crippen LogP contribution is 2.09. The Hall–Kier alpha value is -2.14. The number of ketones is 1. The molecule has 3 aromatic carbocycles. The molecule has 2 nitrogen and oxygen atoms in total. The molecule has 0 saturated carbocycles. The van der Waals surface area contributed by atoms with Crippen molar-refractivity contribution in [2.45, 2.75) is 0 Å². The third-order valence-corrected chi connectivity index (χ3v) is 6.09. The van der Waals surface area contributed by atoms with E-state index in [2.05, 4.69) is 24.3 Å². The van der Waals surface area contributed by atoms with Crippen LogP contribution in [0.5, 0.6) is 5.75 Å². The SMILES string of the molecule is COc1ccc([I+]c2ccc(C(=O)c3ccccc3)cc2)cc1. The predicted octanol–water partition coefficient (Wildman–Crippen LogP) is 1.05. The van der Waals surface area contributed by atoms with Gasteiger partial charge in [0.15, 0.2) is 12.9 Å². The molecule has 0 aromatic heterocycles. The second-order valence-corrected chi connectivity index (χ2v) is 7.99. The van der Waals surface area contributed by atoms with Gasteiger partial charge in [-0.25, -0.2) is 0 Å². The minimum absolute atomic E-state index is 0.0693. The van der Waals surface area contributed by atoms with Crippen molar-refractivity contribution in [2.24, 2.45) is 0 Å². The molecule has 23 heavy (non-hydrogen) atoms. The van der Waals surface area contributed by atoms with Crippen LogP contribution in [0.3, 0.4) is 0 Å². The van der Waals surface area contributed by atoms with Gasteiger partial charge in [0.2, 0.25) is 0 Å². The number of carbonyl (C=O) groups excluding carboxylic acids is 1. The molecule has 0 fully saturated rings. The van der Waals surface area contributed by atoms with Crippen LogP contribution in [0.4, 0.5) is 0 Å². The maximum absolute atomic E-state index is 12.4. The lowest BCUT2D eigenvalue weighted by Crippen LogP contribution is -3.61. The van der Waals surface area contributed by atoms with E-state index in [1.54, 1.807) is 7.11 Å². The summed E-state index contributed by atoms with van der Waals surface area (Å²) >= 11 is -0.244. The van der Waals surface area contributed by atoms with Gasteiger partial charge in [0.05, 0.1) is 7.11 Å². The van der Waals surface area contributed by atoms with E-state index in [-0.39, 0.29) is 27.0 Å². The predicted molar refractivity (Wildman–Crippen MR) is 86.7 cm³/mol. The molecular weight excluding hydrogens is 399 g/mol. The number of halogens is 1. The van der Waals surface area contributed by atoms with Gasteiger partial charge in [-0.1, -0.05) is 30.3 Å². The molecule has 3 heteroatoms. The molecular formula is C20H16IO2+. The fourth-order valence-electron chi connectivity index (χ4n) is 2.18. The third kappa shape index (κ3) is 3.99. The first kappa shape index (κ1) is 15.7. The zero-order valence-corrected chi connectivity index (χ0v) is 14.9. The van der Waals surface area contributed by atoms with Crippen LogP contribution in [0.2, 0.25) is 0 Å². The molecule has 0 aliphatic heterocycles. The number of rotatable bonds is 5. The number of hydrogen-bond acceptors (Lipinski definition) is 2. The number of ether oxygens (including phenoxy) is 1. The molecule has 0 unspecified atom stereocenters. The molecule has 0 N–H and O–H groups in total. The van der Waals surface area contributed by atoms with Gasteiger partial charge in [-0.05, 0) is 48.5 Å². The average molecular weight is 415 g/mol. The fraction of sp³-hybridized carbons (Fsp3) is 0.0500. The maximum Gasteiger partial charge on any atom is 0.357 e. The first-order chi connectivity index (χ1) is 11.3. The summed E-state index contributed by atoms with van der Waals surface area (Å²) in [4.78, 5) is 12.4. The molecule has 0 atom stereocenters. The number of methoxy groups -OCH3 is 1. The minimum atomic E-state index is -0.244. The smallest absolute Gasteiger partial charge is 0.357 e. The Balaban J connectivity index is 1.72. The molecule has 0 aliphatic carbocycles. The minimum Gasteiger partial charge on any atom is -0.497 e. The van der Waals surface area contributed by atoms with Crippen LogP contribution >= 0.6 is 0 Å². The molecule has 0 amide bonds. The summed E-state index contributed by atoms with van der Waals surface area (Å²) in [7, 11) is 1.67. The van der Waals surface area contributed by atoms with Crippen molar-refractivity contribution >= 4 is 5.78 Å². The second-order valence-electron chi connectivity index (χ2n) is 4.95. The zero-order chi connectivity index (χ0) is 16.1. The lowest BCUT2D eigenvalue weighted by atomic mass is 10.0. The summed E-state index contributed by atoms with van der Waals surface area (Å²) in [5.74, 6) is 0.946. The van der Waals surface area contributed by atoms with Gasteiger partial charge < -0.3 is 4.74 Å². The quantitative estimate of drug-likeness (QED) is 0.460. The summed E-state index contributed by atoms with van der Waals surface area (Å²) in [5, 5.41) is 0. The second kappa shape index (κ2) is 7.42. The van der Waals surface area contributed by atoms with Crippen molar-refractivity contribution in [1.29, 1.82) is 0 Å². The van der Waals surface area contributed by atoms with Gasteiger partial charge in [0.25, 0.3) is 0 Å². The van der Waals surface area contributed by atoms with E-state index in [1.807, 2.05) is 54.6 Å². The van der Waals surface area contributed by atoms with E-state index in [4.69, 9.17) is 4.74 Å². The van der Waals surface area contributed by atoms with Crippen LogP contribution in [-0.4, -0.2) is 12.9 Å². The van der Waals surface area contributed by atoms with Crippen molar-refractivity contribution in [3.05, 3.63) is 97.1 Å². The van der Waals surface area contributed by atoms with Crippen LogP contribution in [0.1, 0.15) is 15.9 Å². The van der Waals surface area contributed by atoms with Crippen LogP contribution in [0, 0.1) is 7.14 Å². The van der Waals surface area contributed by atoms with E-state index >= 15 is 0 Å². The lowest BCUT2D eigenvalue weighted by molar-refractivity contribution is -0.597. The Bertz CT molecular complexity index is 778. The topological polar surface area (TPSA) is 26.3 Å². The van der Waals surface area contributed by atoms with Crippen molar-refractivity contribution in [2.75, 3.05) is 7.11 Å². The van der Waals surface area contributed by atoms with Gasteiger partial charge in [0, 0.05) is 11.1 Å². The van der Waals surface area contributed by atoms with E-state index in [1.165, 1.54) is 7.14 Å². The third-order valence-electron chi connectivity index (χ3n) is 3.41. The van der Waals surface area contributed by atoms with Crippen LogP contribution in [0.25, 0.3) is 0 Å². The molecule has 3 rings (SSSR count). The van der Waals surface area contributed by atoms with Crippen molar-refractivity contribution in [3.63, 3.8) is 0 Å². The highest BCUT2D eigenvalue weighted by atomic mass is 127. The Morgan fingerprint density at radius 2 is 1.26 bits per heavy atom. The zero-order valence-electron chi connectivity index (χ0n) is 12.7. The Morgan fingerprint density at radius 1 is 0.739 bits per heavy atom. The van der Waals surface area contributed by atoms with Gasteiger partial charge in [0.1, 0.15) is 5.75 Å². The van der Waals surface area contributed by atoms with E-state index in [9.17, 15) is 4.79 Å². The van der Waals surface area contributed by atoms with Crippen LogP contribution in [0.15, 0.2) is 78.9 Å². The van der Waals surface area contributed by atoms with Gasteiger partial charge in [-0.15, -0.1) is 0 Å². The summed E-state index contributed by atoms with van der Waals surface area (Å²) < 4.78 is 7.79.